The first-order valence-corrected chi connectivity index (χ1v) is 11.9. The van der Waals surface area contributed by atoms with E-state index in [9.17, 15) is 9.90 Å². The largest absolute Gasteiger partial charge is 0.497 e. The molecule has 1 heterocycles. The van der Waals surface area contributed by atoms with Crippen molar-refractivity contribution in [3.8, 4) is 11.5 Å². The molecule has 3 aromatic rings. The average Bonchev–Trinajstić information content (AvgIpc) is 2.92. The molecule has 6 nitrogen and oxygen atoms in total. The van der Waals surface area contributed by atoms with Crippen LogP contribution in [0.2, 0.25) is 0 Å². The van der Waals surface area contributed by atoms with Gasteiger partial charge in [-0.2, -0.15) is 0 Å². The number of carbonyl (C=O) groups is 1. The number of para-hydroxylation sites is 1. The van der Waals surface area contributed by atoms with Crippen LogP contribution < -0.4 is 14.4 Å². The van der Waals surface area contributed by atoms with Crippen LogP contribution in [-0.4, -0.2) is 68.3 Å². The Kier molecular flexibility index (Phi) is 8.54. The van der Waals surface area contributed by atoms with Crippen LogP contribution in [0.4, 0.5) is 5.69 Å². The number of nitrogens with zero attached hydrogens (tertiary/aromatic N) is 2. The van der Waals surface area contributed by atoms with Gasteiger partial charge >= 0.3 is 0 Å². The molecule has 6 heteroatoms. The number of carbonyl (C=O) groups excluding carboxylic acids is 1. The van der Waals surface area contributed by atoms with Crippen LogP contribution in [0.15, 0.2) is 84.9 Å². The number of benzene rings is 3. The van der Waals surface area contributed by atoms with Crippen LogP contribution in [0.1, 0.15) is 15.9 Å². The first kappa shape index (κ1) is 24.5. The van der Waals surface area contributed by atoms with Crippen molar-refractivity contribution in [1.82, 2.24) is 4.90 Å². The predicted octanol–water partition coefficient (Wildman–Crippen LogP) is 4.15. The van der Waals surface area contributed by atoms with Crippen molar-refractivity contribution in [3.05, 3.63) is 96.1 Å². The van der Waals surface area contributed by atoms with E-state index in [-0.39, 0.29) is 12.4 Å². The third-order valence-corrected chi connectivity index (χ3v) is 6.07. The smallest absolute Gasteiger partial charge is 0.185 e. The molecule has 0 bridgehead atoms. The fraction of sp³-hybridized carbons (Fsp3) is 0.276. The Labute approximate surface area is 207 Å². The van der Waals surface area contributed by atoms with Gasteiger partial charge in [-0.05, 0) is 48.0 Å². The third-order valence-electron chi connectivity index (χ3n) is 6.07. The number of piperazine rings is 1. The van der Waals surface area contributed by atoms with Gasteiger partial charge in [0, 0.05) is 44.0 Å². The standard InChI is InChI=1S/C29H32N2O4/c1-34-27-13-10-23(11-14-27)12-15-29(33)24-6-5-9-28(20-24)35-22-26(32)21-30-16-18-31(19-17-30)25-7-3-2-4-8-25/h2-15,20,26,32H,16-19,21-22H2,1H3/b15-12+. The second-order valence-corrected chi connectivity index (χ2v) is 8.59. The van der Waals surface area contributed by atoms with Crippen molar-refractivity contribution in [3.63, 3.8) is 0 Å². The zero-order chi connectivity index (χ0) is 24.5. The lowest BCUT2D eigenvalue weighted by Crippen LogP contribution is -2.49. The molecule has 0 aliphatic carbocycles. The summed E-state index contributed by atoms with van der Waals surface area (Å²) in [6.45, 7) is 4.41. The number of methoxy groups -OCH3 is 1. The molecule has 182 valence electrons. The van der Waals surface area contributed by atoms with Crippen LogP contribution in [0, 0.1) is 0 Å². The SMILES string of the molecule is COc1ccc(/C=C/C(=O)c2cccc(OCC(O)CN3CCN(c4ccccc4)CC3)c2)cc1. The number of β-amino-alcohol motifs (C(OH)–C–C–N with tert-alkyl or cyclic N) is 1. The van der Waals surface area contributed by atoms with Gasteiger partial charge in [0.25, 0.3) is 0 Å². The number of aliphatic hydroxyl groups is 1. The zero-order valence-corrected chi connectivity index (χ0v) is 20.0. The minimum absolute atomic E-state index is 0.108. The monoisotopic (exact) mass is 472 g/mol. The van der Waals surface area contributed by atoms with Crippen LogP contribution in [0.3, 0.4) is 0 Å². The van der Waals surface area contributed by atoms with Gasteiger partial charge in [0.2, 0.25) is 0 Å². The molecule has 1 N–H and O–H groups in total. The summed E-state index contributed by atoms with van der Waals surface area (Å²) in [6, 6.07) is 25.0. The molecule has 1 aliphatic heterocycles. The number of rotatable bonds is 10. The molecular weight excluding hydrogens is 440 g/mol. The van der Waals surface area contributed by atoms with E-state index in [1.165, 1.54) is 5.69 Å². The molecule has 1 atom stereocenters. The summed E-state index contributed by atoms with van der Waals surface area (Å²) < 4.78 is 11.0. The molecule has 1 aliphatic rings. The Morgan fingerprint density at radius 2 is 1.69 bits per heavy atom. The number of allylic oxidation sites excluding steroid dienone is 1. The van der Waals surface area contributed by atoms with Crippen molar-refractivity contribution < 1.29 is 19.4 Å². The van der Waals surface area contributed by atoms with E-state index in [1.807, 2.05) is 30.3 Å². The number of ketones is 1. The number of anilines is 1. The quantitative estimate of drug-likeness (QED) is 0.353. The maximum absolute atomic E-state index is 12.6. The second-order valence-electron chi connectivity index (χ2n) is 8.59. The van der Waals surface area contributed by atoms with Crippen molar-refractivity contribution in [2.75, 3.05) is 51.3 Å². The predicted molar refractivity (Wildman–Crippen MR) is 139 cm³/mol. The van der Waals surface area contributed by atoms with Crippen molar-refractivity contribution >= 4 is 17.5 Å². The van der Waals surface area contributed by atoms with Gasteiger partial charge < -0.3 is 19.5 Å². The van der Waals surface area contributed by atoms with E-state index in [0.717, 1.165) is 37.5 Å². The topological polar surface area (TPSA) is 62.2 Å². The molecule has 1 saturated heterocycles. The maximum Gasteiger partial charge on any atom is 0.185 e. The minimum atomic E-state index is -0.604. The Hall–Kier alpha value is -3.61. The van der Waals surface area contributed by atoms with Gasteiger partial charge in [-0.25, -0.2) is 0 Å². The van der Waals surface area contributed by atoms with E-state index < -0.39 is 6.10 Å². The van der Waals surface area contributed by atoms with Gasteiger partial charge in [-0.1, -0.05) is 48.5 Å². The number of aliphatic hydroxyl groups excluding tert-OH is 1. The molecule has 0 aromatic heterocycles. The molecule has 4 rings (SSSR count). The molecule has 0 spiro atoms. The first-order chi connectivity index (χ1) is 17.1. The van der Waals surface area contributed by atoms with Gasteiger partial charge in [-0.15, -0.1) is 0 Å². The second kappa shape index (κ2) is 12.2. The van der Waals surface area contributed by atoms with Crippen LogP contribution in [0.5, 0.6) is 11.5 Å². The molecule has 3 aromatic carbocycles. The summed E-state index contributed by atoms with van der Waals surface area (Å²) >= 11 is 0. The highest BCUT2D eigenvalue weighted by Gasteiger charge is 2.19. The lowest BCUT2D eigenvalue weighted by molar-refractivity contribution is 0.0663. The van der Waals surface area contributed by atoms with Crippen LogP contribution in [0.25, 0.3) is 6.08 Å². The molecular formula is C29H32N2O4. The van der Waals surface area contributed by atoms with E-state index in [0.29, 0.717) is 17.9 Å². The Morgan fingerprint density at radius 3 is 2.40 bits per heavy atom. The molecule has 0 radical (unpaired) electrons. The summed E-state index contributed by atoms with van der Waals surface area (Å²) in [4.78, 5) is 17.2. The minimum Gasteiger partial charge on any atom is -0.497 e. The lowest BCUT2D eigenvalue weighted by Gasteiger charge is -2.36. The summed E-state index contributed by atoms with van der Waals surface area (Å²) in [7, 11) is 1.62. The van der Waals surface area contributed by atoms with Crippen LogP contribution >= 0.6 is 0 Å². The number of hydrogen-bond acceptors (Lipinski definition) is 6. The summed E-state index contributed by atoms with van der Waals surface area (Å²) in [5.41, 5.74) is 2.70. The van der Waals surface area contributed by atoms with Gasteiger partial charge in [0.1, 0.15) is 24.2 Å². The first-order valence-electron chi connectivity index (χ1n) is 11.9. The summed E-state index contributed by atoms with van der Waals surface area (Å²) in [6.07, 6.45) is 2.72. The van der Waals surface area contributed by atoms with Gasteiger partial charge in [-0.3, -0.25) is 9.69 Å². The van der Waals surface area contributed by atoms with Gasteiger partial charge in [0.15, 0.2) is 5.78 Å². The Morgan fingerprint density at radius 1 is 0.943 bits per heavy atom. The fourth-order valence-corrected chi connectivity index (χ4v) is 4.09. The van der Waals surface area contributed by atoms with Crippen LogP contribution in [-0.2, 0) is 0 Å². The molecule has 0 amide bonds. The number of ether oxygens (including phenoxy) is 2. The van der Waals surface area contributed by atoms with Crippen molar-refractivity contribution in [2.45, 2.75) is 6.10 Å². The number of hydrogen-bond donors (Lipinski definition) is 1. The van der Waals surface area contributed by atoms with E-state index in [2.05, 4.69) is 34.1 Å². The highest BCUT2D eigenvalue weighted by molar-refractivity contribution is 6.07. The van der Waals surface area contributed by atoms with Gasteiger partial charge in [0.05, 0.1) is 7.11 Å². The van der Waals surface area contributed by atoms with E-state index in [1.54, 1.807) is 43.5 Å². The molecule has 1 fully saturated rings. The van der Waals surface area contributed by atoms with Crippen molar-refractivity contribution in [2.24, 2.45) is 0 Å². The van der Waals surface area contributed by atoms with Crippen molar-refractivity contribution in [1.29, 1.82) is 0 Å². The fourth-order valence-electron chi connectivity index (χ4n) is 4.09. The zero-order valence-electron chi connectivity index (χ0n) is 20.0. The third kappa shape index (κ3) is 7.18. The summed E-state index contributed by atoms with van der Waals surface area (Å²) in [5, 5.41) is 10.5. The molecule has 35 heavy (non-hydrogen) atoms. The summed E-state index contributed by atoms with van der Waals surface area (Å²) in [5.74, 6) is 1.24. The lowest BCUT2D eigenvalue weighted by atomic mass is 10.1. The average molecular weight is 473 g/mol. The highest BCUT2D eigenvalue weighted by atomic mass is 16.5. The molecule has 1 unspecified atom stereocenters. The maximum atomic E-state index is 12.6. The molecule has 0 saturated carbocycles. The Balaban J connectivity index is 1.23. The van der Waals surface area contributed by atoms with E-state index in [4.69, 9.17) is 9.47 Å². The highest BCUT2D eigenvalue weighted by Crippen LogP contribution is 2.18. The Bertz CT molecular complexity index is 1110. The normalized spacial score (nSPS) is 15.2. The van der Waals surface area contributed by atoms with E-state index >= 15 is 0 Å².